The fraction of sp³-hybridized carbons (Fsp3) is 0.600. The lowest BCUT2D eigenvalue weighted by atomic mass is 9.86. The summed E-state index contributed by atoms with van der Waals surface area (Å²) < 4.78 is 13.1. The third-order valence-corrected chi connectivity index (χ3v) is 3.55. The molecule has 0 heterocycles. The first-order chi connectivity index (χ1) is 8.10. The Labute approximate surface area is 104 Å². The molecule has 2 atom stereocenters. The fourth-order valence-corrected chi connectivity index (χ4v) is 2.37. The van der Waals surface area contributed by atoms with E-state index in [1.54, 1.807) is 6.07 Å². The first kappa shape index (κ1) is 14.2. The fourth-order valence-electron chi connectivity index (χ4n) is 2.37. The zero-order chi connectivity index (χ0) is 12.8. The number of rotatable bonds is 6. The summed E-state index contributed by atoms with van der Waals surface area (Å²) in [7, 11) is 0. The van der Waals surface area contributed by atoms with E-state index >= 15 is 0 Å². The van der Waals surface area contributed by atoms with E-state index in [0.717, 1.165) is 24.0 Å². The van der Waals surface area contributed by atoms with Crippen molar-refractivity contribution in [1.29, 1.82) is 0 Å². The van der Waals surface area contributed by atoms with Gasteiger partial charge in [-0.25, -0.2) is 4.39 Å². The van der Waals surface area contributed by atoms with Gasteiger partial charge in [0.1, 0.15) is 5.82 Å². The minimum atomic E-state index is -0.181. The minimum Gasteiger partial charge on any atom is -0.324 e. The third kappa shape index (κ3) is 3.81. The zero-order valence-electron chi connectivity index (χ0n) is 11.2. The van der Waals surface area contributed by atoms with Crippen molar-refractivity contribution in [3.63, 3.8) is 0 Å². The largest absolute Gasteiger partial charge is 0.324 e. The second kappa shape index (κ2) is 6.75. The van der Waals surface area contributed by atoms with E-state index in [1.165, 1.54) is 18.9 Å². The Kier molecular flexibility index (Phi) is 5.63. The maximum atomic E-state index is 13.1. The van der Waals surface area contributed by atoms with Crippen molar-refractivity contribution in [2.75, 3.05) is 0 Å². The monoisotopic (exact) mass is 237 g/mol. The van der Waals surface area contributed by atoms with Crippen molar-refractivity contribution in [2.45, 2.75) is 52.5 Å². The molecular weight excluding hydrogens is 213 g/mol. The van der Waals surface area contributed by atoms with Gasteiger partial charge in [0.2, 0.25) is 0 Å². The lowest BCUT2D eigenvalue weighted by Gasteiger charge is -2.24. The van der Waals surface area contributed by atoms with Gasteiger partial charge in [0.25, 0.3) is 0 Å². The molecule has 2 unspecified atom stereocenters. The van der Waals surface area contributed by atoms with Crippen molar-refractivity contribution in [1.82, 2.24) is 0 Å². The van der Waals surface area contributed by atoms with Gasteiger partial charge >= 0.3 is 0 Å². The van der Waals surface area contributed by atoms with E-state index in [0.29, 0.717) is 5.92 Å². The summed E-state index contributed by atoms with van der Waals surface area (Å²) in [6.45, 7) is 6.31. The highest BCUT2D eigenvalue weighted by Gasteiger charge is 2.18. The molecule has 96 valence electrons. The third-order valence-electron chi connectivity index (χ3n) is 3.55. The van der Waals surface area contributed by atoms with Crippen LogP contribution in [0.25, 0.3) is 0 Å². The quantitative estimate of drug-likeness (QED) is 0.782. The predicted molar refractivity (Wildman–Crippen MR) is 71.4 cm³/mol. The predicted octanol–water partition coefficient (Wildman–Crippen LogP) is 4.35. The Morgan fingerprint density at radius 2 is 2.00 bits per heavy atom. The van der Waals surface area contributed by atoms with Crippen LogP contribution >= 0.6 is 0 Å². The van der Waals surface area contributed by atoms with E-state index in [2.05, 4.69) is 13.8 Å². The molecule has 0 amide bonds. The Morgan fingerprint density at radius 3 is 2.53 bits per heavy atom. The summed E-state index contributed by atoms with van der Waals surface area (Å²) in [6.07, 6.45) is 4.65. The van der Waals surface area contributed by atoms with E-state index in [-0.39, 0.29) is 11.9 Å². The molecule has 0 aliphatic carbocycles. The number of unbranched alkanes of at least 4 members (excludes halogenated alkanes) is 1. The molecule has 0 bridgehead atoms. The van der Waals surface area contributed by atoms with Crippen LogP contribution in [0.2, 0.25) is 0 Å². The Balaban J connectivity index is 2.81. The second-order valence-corrected chi connectivity index (χ2v) is 4.84. The minimum absolute atomic E-state index is 0.0344. The Morgan fingerprint density at radius 1 is 1.29 bits per heavy atom. The van der Waals surface area contributed by atoms with Gasteiger partial charge in [-0.1, -0.05) is 39.2 Å². The maximum absolute atomic E-state index is 13.1. The molecule has 0 fully saturated rings. The van der Waals surface area contributed by atoms with Crippen molar-refractivity contribution >= 4 is 0 Å². The Bertz CT molecular complexity index is 349. The van der Waals surface area contributed by atoms with Crippen LogP contribution in [0, 0.1) is 18.7 Å². The molecule has 1 aromatic rings. The summed E-state index contributed by atoms with van der Waals surface area (Å²) in [6, 6.07) is 4.95. The van der Waals surface area contributed by atoms with Gasteiger partial charge in [0, 0.05) is 6.04 Å². The normalized spacial score (nSPS) is 14.6. The molecule has 0 spiro atoms. The topological polar surface area (TPSA) is 26.0 Å². The number of hydrogen-bond donors (Lipinski definition) is 1. The molecule has 1 rings (SSSR count). The highest BCUT2D eigenvalue weighted by Crippen LogP contribution is 2.29. The van der Waals surface area contributed by atoms with Crippen LogP contribution in [0.5, 0.6) is 0 Å². The van der Waals surface area contributed by atoms with Crippen LogP contribution in [-0.4, -0.2) is 0 Å². The molecule has 17 heavy (non-hydrogen) atoms. The molecule has 2 heteroatoms. The number of benzene rings is 1. The van der Waals surface area contributed by atoms with Crippen LogP contribution in [0.4, 0.5) is 4.39 Å². The highest BCUT2D eigenvalue weighted by atomic mass is 19.1. The molecule has 1 nitrogen and oxygen atoms in total. The standard InChI is InChI=1S/C15H24FN/c1-4-6-7-12(5-2)15(17)14-9-8-13(16)10-11(14)3/h8-10,12,15H,4-7,17H2,1-3H3. The molecular formula is C15H24FN. The molecule has 0 aromatic heterocycles. The average molecular weight is 237 g/mol. The summed E-state index contributed by atoms with van der Waals surface area (Å²) in [4.78, 5) is 0. The van der Waals surface area contributed by atoms with Gasteiger partial charge in [0.15, 0.2) is 0 Å². The average Bonchev–Trinajstić information content (AvgIpc) is 2.29. The SMILES string of the molecule is CCCCC(CC)C(N)c1ccc(F)cc1C. The molecule has 0 saturated heterocycles. The second-order valence-electron chi connectivity index (χ2n) is 4.84. The van der Waals surface area contributed by atoms with Crippen LogP contribution in [0.15, 0.2) is 18.2 Å². The van der Waals surface area contributed by atoms with Crippen LogP contribution in [0.3, 0.4) is 0 Å². The van der Waals surface area contributed by atoms with Crippen molar-refractivity contribution in [3.05, 3.63) is 35.1 Å². The molecule has 0 aliphatic heterocycles. The highest BCUT2D eigenvalue weighted by molar-refractivity contribution is 5.29. The van der Waals surface area contributed by atoms with Gasteiger partial charge in [-0.2, -0.15) is 0 Å². The zero-order valence-corrected chi connectivity index (χ0v) is 11.2. The van der Waals surface area contributed by atoms with E-state index in [9.17, 15) is 4.39 Å². The van der Waals surface area contributed by atoms with E-state index in [1.807, 2.05) is 13.0 Å². The molecule has 1 aromatic carbocycles. The lowest BCUT2D eigenvalue weighted by molar-refractivity contribution is 0.377. The van der Waals surface area contributed by atoms with E-state index in [4.69, 9.17) is 5.73 Å². The van der Waals surface area contributed by atoms with Crippen LogP contribution < -0.4 is 5.73 Å². The summed E-state index contributed by atoms with van der Waals surface area (Å²) in [5.74, 6) is 0.319. The summed E-state index contributed by atoms with van der Waals surface area (Å²) in [5, 5.41) is 0. The summed E-state index contributed by atoms with van der Waals surface area (Å²) >= 11 is 0. The first-order valence-electron chi connectivity index (χ1n) is 6.61. The molecule has 0 saturated carbocycles. The van der Waals surface area contributed by atoms with Gasteiger partial charge in [-0.05, 0) is 42.5 Å². The van der Waals surface area contributed by atoms with Crippen LogP contribution in [-0.2, 0) is 0 Å². The van der Waals surface area contributed by atoms with Gasteiger partial charge in [-0.15, -0.1) is 0 Å². The molecule has 2 N–H and O–H groups in total. The number of halogens is 1. The van der Waals surface area contributed by atoms with Gasteiger partial charge in [0.05, 0.1) is 0 Å². The number of nitrogens with two attached hydrogens (primary N) is 1. The van der Waals surface area contributed by atoms with Crippen molar-refractivity contribution in [2.24, 2.45) is 11.7 Å². The van der Waals surface area contributed by atoms with E-state index < -0.39 is 0 Å². The molecule has 0 radical (unpaired) electrons. The smallest absolute Gasteiger partial charge is 0.123 e. The number of aryl methyl sites for hydroxylation is 1. The summed E-state index contributed by atoms with van der Waals surface area (Å²) in [5.41, 5.74) is 8.38. The van der Waals surface area contributed by atoms with Crippen molar-refractivity contribution in [3.8, 4) is 0 Å². The Hall–Kier alpha value is -0.890. The van der Waals surface area contributed by atoms with Gasteiger partial charge in [-0.3, -0.25) is 0 Å². The molecule has 0 aliphatic rings. The maximum Gasteiger partial charge on any atom is 0.123 e. The van der Waals surface area contributed by atoms with Gasteiger partial charge < -0.3 is 5.73 Å². The lowest BCUT2D eigenvalue weighted by Crippen LogP contribution is -2.22. The number of hydrogen-bond acceptors (Lipinski definition) is 1. The van der Waals surface area contributed by atoms with Crippen LogP contribution in [0.1, 0.15) is 56.7 Å². The first-order valence-corrected chi connectivity index (χ1v) is 6.61. The van der Waals surface area contributed by atoms with Crippen molar-refractivity contribution < 1.29 is 4.39 Å².